The molecule has 0 spiro atoms. The van der Waals surface area contributed by atoms with Crippen molar-refractivity contribution < 1.29 is 13.6 Å². The van der Waals surface area contributed by atoms with E-state index in [2.05, 4.69) is 15.9 Å². The second-order valence-electron chi connectivity index (χ2n) is 4.34. The minimum absolute atomic E-state index is 0.0219. The van der Waals surface area contributed by atoms with Crippen molar-refractivity contribution in [1.82, 2.24) is 0 Å². The lowest BCUT2D eigenvalue weighted by Crippen LogP contribution is -2.06. The Hall–Kier alpha value is -1.55. The largest absolute Gasteiger partial charge is 0.294 e. The van der Waals surface area contributed by atoms with Crippen LogP contribution in [0, 0.1) is 18.6 Å². The quantitative estimate of drug-likeness (QED) is 0.762. The van der Waals surface area contributed by atoms with Crippen molar-refractivity contribution in [2.45, 2.75) is 13.3 Å². The normalized spacial score (nSPS) is 10.5. The molecule has 0 bridgehead atoms. The molecule has 0 heterocycles. The zero-order valence-electron chi connectivity index (χ0n) is 10.2. The van der Waals surface area contributed by atoms with Crippen LogP contribution in [0.4, 0.5) is 8.78 Å². The molecule has 19 heavy (non-hydrogen) atoms. The van der Waals surface area contributed by atoms with E-state index >= 15 is 0 Å². The van der Waals surface area contributed by atoms with E-state index in [-0.39, 0.29) is 12.2 Å². The van der Waals surface area contributed by atoms with Crippen LogP contribution >= 0.6 is 15.9 Å². The topological polar surface area (TPSA) is 17.1 Å². The minimum Gasteiger partial charge on any atom is -0.294 e. The van der Waals surface area contributed by atoms with E-state index in [1.54, 1.807) is 6.07 Å². The summed E-state index contributed by atoms with van der Waals surface area (Å²) in [6, 6.07) is 8.52. The Kier molecular flexibility index (Phi) is 4.10. The monoisotopic (exact) mass is 324 g/mol. The zero-order chi connectivity index (χ0) is 14.0. The molecule has 98 valence electrons. The van der Waals surface area contributed by atoms with Crippen molar-refractivity contribution in [3.8, 4) is 0 Å². The van der Waals surface area contributed by atoms with Gasteiger partial charge in [-0.2, -0.15) is 0 Å². The van der Waals surface area contributed by atoms with Crippen LogP contribution in [-0.4, -0.2) is 5.78 Å². The van der Waals surface area contributed by atoms with E-state index in [4.69, 9.17) is 0 Å². The predicted octanol–water partition coefficient (Wildman–Crippen LogP) is 4.46. The average Bonchev–Trinajstić information content (AvgIpc) is 2.30. The molecule has 0 N–H and O–H groups in total. The van der Waals surface area contributed by atoms with Gasteiger partial charge in [-0.25, -0.2) is 8.78 Å². The summed E-state index contributed by atoms with van der Waals surface area (Å²) in [5, 5.41) is 0. The fraction of sp³-hybridized carbons (Fsp3) is 0.133. The van der Waals surface area contributed by atoms with Gasteiger partial charge in [0, 0.05) is 22.5 Å². The van der Waals surface area contributed by atoms with Crippen molar-refractivity contribution in [2.24, 2.45) is 0 Å². The van der Waals surface area contributed by atoms with Crippen LogP contribution in [0.25, 0.3) is 0 Å². The molecular formula is C15H11BrF2O. The molecule has 0 radical (unpaired) electrons. The highest BCUT2D eigenvalue weighted by molar-refractivity contribution is 9.10. The van der Waals surface area contributed by atoms with Gasteiger partial charge < -0.3 is 0 Å². The van der Waals surface area contributed by atoms with Gasteiger partial charge in [-0.15, -0.1) is 0 Å². The van der Waals surface area contributed by atoms with Gasteiger partial charge in [0.2, 0.25) is 0 Å². The lowest BCUT2D eigenvalue weighted by Gasteiger charge is -2.06. The molecule has 0 aliphatic carbocycles. The molecule has 2 aromatic rings. The minimum atomic E-state index is -0.672. The van der Waals surface area contributed by atoms with Gasteiger partial charge in [0.05, 0.1) is 0 Å². The Balaban J connectivity index is 2.28. The first-order valence-electron chi connectivity index (χ1n) is 5.70. The van der Waals surface area contributed by atoms with Crippen molar-refractivity contribution in [3.05, 3.63) is 69.2 Å². The SMILES string of the molecule is Cc1ccc(Br)cc1C(=O)Cc1cc(F)cc(F)c1. The van der Waals surface area contributed by atoms with Crippen molar-refractivity contribution in [1.29, 1.82) is 0 Å². The molecule has 4 heteroatoms. The van der Waals surface area contributed by atoms with Crippen molar-refractivity contribution >= 4 is 21.7 Å². The van der Waals surface area contributed by atoms with Gasteiger partial charge in [0.15, 0.2) is 5.78 Å². The maximum Gasteiger partial charge on any atom is 0.167 e. The molecule has 0 fully saturated rings. The average molecular weight is 325 g/mol. The van der Waals surface area contributed by atoms with Crippen molar-refractivity contribution in [3.63, 3.8) is 0 Å². The Labute approximate surface area is 118 Å². The molecule has 2 rings (SSSR count). The summed E-state index contributed by atoms with van der Waals surface area (Å²) in [4.78, 5) is 12.1. The molecule has 0 aromatic heterocycles. The highest BCUT2D eigenvalue weighted by Gasteiger charge is 2.12. The standard InChI is InChI=1S/C15H11BrF2O/c1-9-2-3-11(16)7-14(9)15(19)6-10-4-12(17)8-13(18)5-10/h2-5,7-8H,6H2,1H3. The highest BCUT2D eigenvalue weighted by atomic mass is 79.9. The number of carbonyl (C=O) groups excluding carboxylic acids is 1. The second kappa shape index (κ2) is 5.61. The van der Waals surface area contributed by atoms with E-state index in [9.17, 15) is 13.6 Å². The number of benzene rings is 2. The summed E-state index contributed by atoms with van der Waals surface area (Å²) in [7, 11) is 0. The van der Waals surface area contributed by atoms with Crippen LogP contribution in [0.15, 0.2) is 40.9 Å². The van der Waals surface area contributed by atoms with Crippen LogP contribution < -0.4 is 0 Å². The van der Waals surface area contributed by atoms with Gasteiger partial charge in [0.25, 0.3) is 0 Å². The summed E-state index contributed by atoms with van der Waals surface area (Å²) < 4.78 is 26.9. The van der Waals surface area contributed by atoms with E-state index in [0.29, 0.717) is 11.1 Å². The van der Waals surface area contributed by atoms with Crippen LogP contribution in [-0.2, 0) is 6.42 Å². The fourth-order valence-corrected chi connectivity index (χ4v) is 2.25. The number of aryl methyl sites for hydroxylation is 1. The van der Waals surface area contributed by atoms with Gasteiger partial charge in [-0.3, -0.25) is 4.79 Å². The van der Waals surface area contributed by atoms with E-state index in [1.807, 2.05) is 19.1 Å². The molecule has 1 nitrogen and oxygen atoms in total. The molecule has 0 aliphatic rings. The third-order valence-electron chi connectivity index (χ3n) is 2.79. The number of hydrogen-bond donors (Lipinski definition) is 0. The number of carbonyl (C=O) groups is 1. The molecule has 0 amide bonds. The van der Waals surface area contributed by atoms with Crippen LogP contribution in [0.5, 0.6) is 0 Å². The van der Waals surface area contributed by atoms with E-state index in [1.165, 1.54) is 12.1 Å². The molecular weight excluding hydrogens is 314 g/mol. The summed E-state index contributed by atoms with van der Waals surface area (Å²) in [5.74, 6) is -1.51. The third kappa shape index (κ3) is 3.47. The van der Waals surface area contributed by atoms with Crippen LogP contribution in [0.3, 0.4) is 0 Å². The molecule has 0 saturated carbocycles. The van der Waals surface area contributed by atoms with Gasteiger partial charge >= 0.3 is 0 Å². The summed E-state index contributed by atoms with van der Waals surface area (Å²) in [5.41, 5.74) is 1.73. The van der Waals surface area contributed by atoms with Crippen LogP contribution in [0.1, 0.15) is 21.5 Å². The van der Waals surface area contributed by atoms with Crippen LogP contribution in [0.2, 0.25) is 0 Å². The first-order valence-corrected chi connectivity index (χ1v) is 6.49. The van der Waals surface area contributed by atoms with E-state index < -0.39 is 11.6 Å². The highest BCUT2D eigenvalue weighted by Crippen LogP contribution is 2.18. The number of ketones is 1. The molecule has 0 aliphatic heterocycles. The summed E-state index contributed by atoms with van der Waals surface area (Å²) >= 11 is 3.30. The first-order chi connectivity index (χ1) is 8.95. The predicted molar refractivity (Wildman–Crippen MR) is 73.3 cm³/mol. The Morgan fingerprint density at radius 3 is 2.37 bits per heavy atom. The maximum atomic E-state index is 13.1. The van der Waals surface area contributed by atoms with E-state index in [0.717, 1.165) is 16.1 Å². The Morgan fingerprint density at radius 2 is 1.74 bits per heavy atom. The summed E-state index contributed by atoms with van der Waals surface area (Å²) in [6.07, 6.45) is -0.0219. The summed E-state index contributed by atoms with van der Waals surface area (Å²) in [6.45, 7) is 1.83. The van der Waals surface area contributed by atoms with Gasteiger partial charge in [0.1, 0.15) is 11.6 Å². The Bertz CT molecular complexity index is 618. The maximum absolute atomic E-state index is 13.1. The number of rotatable bonds is 3. The molecule has 0 atom stereocenters. The lowest BCUT2D eigenvalue weighted by atomic mass is 9.99. The molecule has 0 saturated heterocycles. The number of halogens is 3. The van der Waals surface area contributed by atoms with Gasteiger partial charge in [-0.1, -0.05) is 22.0 Å². The lowest BCUT2D eigenvalue weighted by molar-refractivity contribution is 0.0992. The number of hydrogen-bond acceptors (Lipinski definition) is 1. The second-order valence-corrected chi connectivity index (χ2v) is 5.25. The van der Waals surface area contributed by atoms with Gasteiger partial charge in [-0.05, 0) is 42.3 Å². The molecule has 0 unspecified atom stereocenters. The third-order valence-corrected chi connectivity index (χ3v) is 3.28. The van der Waals surface area contributed by atoms with Crippen molar-refractivity contribution in [2.75, 3.05) is 0 Å². The molecule has 2 aromatic carbocycles. The fourth-order valence-electron chi connectivity index (χ4n) is 1.89. The first kappa shape index (κ1) is 13.9. The number of Topliss-reactive ketones (excluding diaryl/α,β-unsaturated/α-hetero) is 1. The smallest absolute Gasteiger partial charge is 0.167 e. The zero-order valence-corrected chi connectivity index (χ0v) is 11.8. The Morgan fingerprint density at radius 1 is 1.11 bits per heavy atom.